The van der Waals surface area contributed by atoms with Gasteiger partial charge in [-0.1, -0.05) is 0 Å². The van der Waals surface area contributed by atoms with E-state index in [-0.39, 0.29) is 35.8 Å². The molecule has 1 heterocycles. The van der Waals surface area contributed by atoms with E-state index in [0.717, 1.165) is 0 Å². The van der Waals surface area contributed by atoms with Crippen molar-refractivity contribution in [3.05, 3.63) is 41.0 Å². The molecule has 0 radical (unpaired) electrons. The van der Waals surface area contributed by atoms with Crippen molar-refractivity contribution < 1.29 is 14.3 Å². The quantitative estimate of drug-likeness (QED) is 0.451. The molecule has 0 unspecified atom stereocenters. The number of carbonyl (C=O) groups excluding carboxylic acids is 1. The highest BCUT2D eigenvalue weighted by molar-refractivity contribution is 6.28. The third-order valence-corrected chi connectivity index (χ3v) is 2.97. The van der Waals surface area contributed by atoms with E-state index in [1.165, 1.54) is 13.3 Å². The first-order valence-electron chi connectivity index (χ1n) is 6.60. The molecule has 8 nitrogen and oxygen atoms in total. The predicted octanol–water partition coefficient (Wildman–Crippen LogP) is 2.73. The van der Waals surface area contributed by atoms with Gasteiger partial charge in [-0.2, -0.15) is 4.98 Å². The second kappa shape index (κ2) is 8.16. The van der Waals surface area contributed by atoms with E-state index < -0.39 is 0 Å². The number of rotatable bonds is 7. The normalized spacial score (nSPS) is 10.0. The lowest BCUT2D eigenvalue weighted by Crippen LogP contribution is -2.07. The average Bonchev–Trinajstić information content (AvgIpc) is 2.56. The predicted molar refractivity (Wildman–Crippen MR) is 85.9 cm³/mol. The summed E-state index contributed by atoms with van der Waals surface area (Å²) in [5.74, 6) is 0.531. The molecule has 1 aromatic heterocycles. The Balaban J connectivity index is 1.97. The molecule has 2 aromatic rings. The van der Waals surface area contributed by atoms with Gasteiger partial charge in [0.1, 0.15) is 5.75 Å². The van der Waals surface area contributed by atoms with Crippen LogP contribution in [0.1, 0.15) is 6.42 Å². The van der Waals surface area contributed by atoms with Crippen LogP contribution in [0.15, 0.2) is 30.5 Å². The van der Waals surface area contributed by atoms with E-state index in [1.807, 2.05) is 0 Å². The van der Waals surface area contributed by atoms with Crippen LogP contribution in [-0.4, -0.2) is 29.7 Å². The second-order valence-corrected chi connectivity index (χ2v) is 4.67. The summed E-state index contributed by atoms with van der Waals surface area (Å²) in [5.41, 5.74) is 2.59. The first-order valence-corrected chi connectivity index (χ1v) is 6.97. The number of benzene rings is 1. The third-order valence-electron chi connectivity index (χ3n) is 2.79. The number of hydrogen-bond acceptors (Lipinski definition) is 8. The van der Waals surface area contributed by atoms with Gasteiger partial charge in [-0.15, -0.1) is 0 Å². The second-order valence-electron chi connectivity index (χ2n) is 4.33. The molecule has 2 N–H and O–H groups in total. The summed E-state index contributed by atoms with van der Waals surface area (Å²) in [5, 5.41) is 13.8. The first kappa shape index (κ1) is 16.8. The number of aromatic nitrogens is 2. The van der Waals surface area contributed by atoms with E-state index in [1.54, 1.807) is 29.7 Å². The first-order chi connectivity index (χ1) is 11.1. The highest BCUT2D eigenvalue weighted by atomic mass is 35.5. The summed E-state index contributed by atoms with van der Waals surface area (Å²) >= 11 is 5.71. The van der Waals surface area contributed by atoms with Crippen LogP contribution in [0.4, 0.5) is 17.2 Å². The minimum absolute atomic E-state index is 0.0225. The summed E-state index contributed by atoms with van der Waals surface area (Å²) in [7, 11) is 1.33. The van der Waals surface area contributed by atoms with Gasteiger partial charge in [0, 0.05) is 5.69 Å². The zero-order chi connectivity index (χ0) is 16.7. The van der Waals surface area contributed by atoms with Gasteiger partial charge in [-0.25, -0.2) is 4.98 Å². The minimum atomic E-state index is -0.332. The molecule has 9 heteroatoms. The number of methoxy groups -OCH3 is 1. The van der Waals surface area contributed by atoms with Crippen molar-refractivity contribution in [1.29, 1.82) is 0 Å². The smallest absolute Gasteiger partial charge is 0.308 e. The number of carbonyl (C=O) groups is 1. The third kappa shape index (κ3) is 4.97. The molecule has 2 rings (SSSR count). The summed E-state index contributed by atoms with van der Waals surface area (Å²) in [6, 6.07) is 6.90. The van der Waals surface area contributed by atoms with Crippen molar-refractivity contribution in [2.24, 2.45) is 0 Å². The van der Waals surface area contributed by atoms with Crippen molar-refractivity contribution >= 4 is 34.8 Å². The molecule has 1 aromatic carbocycles. The number of ether oxygens (including phenoxy) is 2. The number of nitrogens with zero attached hydrogens (tertiary/aromatic N) is 2. The molecule has 0 aliphatic heterocycles. The molecule has 122 valence electrons. The van der Waals surface area contributed by atoms with Crippen molar-refractivity contribution in [1.82, 2.24) is 9.97 Å². The standard InChI is InChI=1S/C14H14ClN4O4/c1-22-12(20)6-7-23-10-4-2-9(3-5-10)17-13-11(19-21)8-16-14(15)18-13/h2-5,8,19H,6-7H2,1H3,(H,16,17,18)/q-1. The molecule has 0 fully saturated rings. The van der Waals surface area contributed by atoms with Crippen LogP contribution in [0.5, 0.6) is 5.75 Å². The molecule has 0 bridgehead atoms. The fraction of sp³-hybridized carbons (Fsp3) is 0.214. The maximum Gasteiger partial charge on any atom is 0.308 e. The number of esters is 1. The Hall–Kier alpha value is -2.58. The van der Waals surface area contributed by atoms with E-state index in [2.05, 4.69) is 20.0 Å². The van der Waals surface area contributed by atoms with Crippen molar-refractivity contribution in [3.63, 3.8) is 0 Å². The van der Waals surface area contributed by atoms with Gasteiger partial charge in [0.2, 0.25) is 5.28 Å². The fourth-order valence-electron chi connectivity index (χ4n) is 1.66. The van der Waals surface area contributed by atoms with Crippen molar-refractivity contribution in [3.8, 4) is 5.75 Å². The number of nitrogens with one attached hydrogen (secondary N) is 2. The maximum absolute atomic E-state index is 11.0. The zero-order valence-electron chi connectivity index (χ0n) is 12.2. The number of halogens is 1. The Morgan fingerprint density at radius 1 is 1.35 bits per heavy atom. The Kier molecular flexibility index (Phi) is 5.95. The summed E-state index contributed by atoms with van der Waals surface area (Å²) in [6.07, 6.45) is 1.46. The molecule has 0 saturated carbocycles. The monoisotopic (exact) mass is 337 g/mol. The van der Waals surface area contributed by atoms with Crippen LogP contribution in [0.3, 0.4) is 0 Å². The number of hydrogen-bond donors (Lipinski definition) is 2. The van der Waals surface area contributed by atoms with Crippen LogP contribution in [0.2, 0.25) is 5.28 Å². The SMILES string of the molecule is COC(=O)CCOc1ccc(Nc2nc(Cl)ncc2N[O-])cc1. The van der Waals surface area contributed by atoms with Gasteiger partial charge in [0.05, 0.1) is 32.0 Å². The Morgan fingerprint density at radius 3 is 2.74 bits per heavy atom. The lowest BCUT2D eigenvalue weighted by Gasteiger charge is -2.15. The van der Waals surface area contributed by atoms with Crippen LogP contribution in [0.25, 0.3) is 0 Å². The molecule has 0 spiro atoms. The van der Waals surface area contributed by atoms with Gasteiger partial charge in [-0.3, -0.25) is 4.79 Å². The van der Waals surface area contributed by atoms with E-state index in [0.29, 0.717) is 11.4 Å². The largest absolute Gasteiger partial charge is 0.761 e. The van der Waals surface area contributed by atoms with E-state index in [9.17, 15) is 10.0 Å². The zero-order valence-corrected chi connectivity index (χ0v) is 13.0. The Labute approximate surface area is 137 Å². The van der Waals surface area contributed by atoms with Crippen LogP contribution in [0, 0.1) is 5.21 Å². The number of anilines is 3. The highest BCUT2D eigenvalue weighted by Gasteiger charge is 2.05. The molecule has 0 aliphatic carbocycles. The van der Waals surface area contributed by atoms with Gasteiger partial charge in [-0.05, 0) is 35.9 Å². The van der Waals surface area contributed by atoms with E-state index >= 15 is 0 Å². The van der Waals surface area contributed by atoms with Gasteiger partial charge in [0.15, 0.2) is 5.82 Å². The summed E-state index contributed by atoms with van der Waals surface area (Å²) in [6.45, 7) is 0.227. The van der Waals surface area contributed by atoms with Gasteiger partial charge >= 0.3 is 5.97 Å². The molecule has 0 amide bonds. The highest BCUT2D eigenvalue weighted by Crippen LogP contribution is 2.25. The summed E-state index contributed by atoms with van der Waals surface area (Å²) in [4.78, 5) is 18.6. The summed E-state index contributed by atoms with van der Waals surface area (Å²) < 4.78 is 9.93. The van der Waals surface area contributed by atoms with Crippen LogP contribution >= 0.6 is 11.6 Å². The Bertz CT molecular complexity index is 666. The van der Waals surface area contributed by atoms with Crippen LogP contribution in [-0.2, 0) is 9.53 Å². The fourth-order valence-corrected chi connectivity index (χ4v) is 1.79. The topological polar surface area (TPSA) is 108 Å². The van der Waals surface area contributed by atoms with Gasteiger partial charge in [0.25, 0.3) is 0 Å². The maximum atomic E-state index is 11.0. The lowest BCUT2D eigenvalue weighted by atomic mass is 10.3. The molecule has 0 aliphatic rings. The van der Waals surface area contributed by atoms with Crippen molar-refractivity contribution in [2.45, 2.75) is 6.42 Å². The lowest BCUT2D eigenvalue weighted by molar-refractivity contribution is -0.141. The molecule has 0 atom stereocenters. The van der Waals surface area contributed by atoms with Gasteiger partial charge < -0.3 is 25.5 Å². The minimum Gasteiger partial charge on any atom is -0.761 e. The molecule has 23 heavy (non-hydrogen) atoms. The average molecular weight is 338 g/mol. The van der Waals surface area contributed by atoms with Crippen molar-refractivity contribution in [2.75, 3.05) is 24.5 Å². The Morgan fingerprint density at radius 2 is 2.09 bits per heavy atom. The van der Waals surface area contributed by atoms with Crippen LogP contribution < -0.4 is 15.5 Å². The molecular weight excluding hydrogens is 324 g/mol. The molecule has 0 saturated heterocycles. The molecular formula is C14H14ClN4O4-. The van der Waals surface area contributed by atoms with E-state index in [4.69, 9.17) is 16.3 Å².